The lowest BCUT2D eigenvalue weighted by atomic mass is 10.1. The zero-order valence-electron chi connectivity index (χ0n) is 22.2. The molecule has 1 N–H and O–H groups in total. The van der Waals surface area contributed by atoms with Crippen molar-refractivity contribution in [2.75, 3.05) is 44.6 Å². The van der Waals surface area contributed by atoms with Gasteiger partial charge in [-0.25, -0.2) is 4.98 Å². The second-order valence-electron chi connectivity index (χ2n) is 9.75. The summed E-state index contributed by atoms with van der Waals surface area (Å²) in [6.45, 7) is 3.98. The molecule has 0 radical (unpaired) electrons. The van der Waals surface area contributed by atoms with Gasteiger partial charge in [-0.2, -0.15) is 0 Å². The van der Waals surface area contributed by atoms with Crippen LogP contribution in [0.1, 0.15) is 21.6 Å². The van der Waals surface area contributed by atoms with Crippen LogP contribution in [-0.4, -0.2) is 70.8 Å². The number of benzene rings is 3. The lowest BCUT2D eigenvalue weighted by Crippen LogP contribution is -2.51. The number of piperazine rings is 1. The molecular formula is C31H32ClN5O2S. The van der Waals surface area contributed by atoms with Gasteiger partial charge in [-0.1, -0.05) is 84.4 Å². The van der Waals surface area contributed by atoms with E-state index in [1.807, 2.05) is 64.4 Å². The highest BCUT2D eigenvalue weighted by Gasteiger charge is 2.26. The molecule has 9 heteroatoms. The average molecular weight is 574 g/mol. The summed E-state index contributed by atoms with van der Waals surface area (Å²) in [6.07, 6.45) is 0.808. The van der Waals surface area contributed by atoms with E-state index in [1.54, 1.807) is 11.4 Å². The molecule has 7 nitrogen and oxygen atoms in total. The highest BCUT2D eigenvalue weighted by atomic mass is 35.5. The van der Waals surface area contributed by atoms with E-state index in [2.05, 4.69) is 39.5 Å². The molecule has 0 aliphatic carbocycles. The molecule has 2 amide bonds. The molecule has 0 unspecified atom stereocenters. The third kappa shape index (κ3) is 7.47. The van der Waals surface area contributed by atoms with Crippen molar-refractivity contribution in [3.05, 3.63) is 112 Å². The van der Waals surface area contributed by atoms with Crippen LogP contribution in [0.3, 0.4) is 0 Å². The van der Waals surface area contributed by atoms with Crippen LogP contribution in [0.2, 0.25) is 5.02 Å². The maximum atomic E-state index is 13.4. The first kappa shape index (κ1) is 27.8. The zero-order valence-corrected chi connectivity index (χ0v) is 23.8. The molecule has 0 bridgehead atoms. The standard InChI is InChI=1S/C31H32ClN5O2S/c32-26-13-7-8-14-27(26)33-31-34-28(23-40-31)30(39)36-19-17-35(18-20-36)22-29(38)37(21-25-11-5-2-6-12-25)16-15-24-9-3-1-4-10-24/h1-14,23H,15-22H2,(H,33,34). The average Bonchev–Trinajstić information content (AvgIpc) is 3.46. The molecule has 0 saturated carbocycles. The maximum Gasteiger partial charge on any atom is 0.273 e. The number of nitrogens with one attached hydrogen (secondary N) is 1. The Morgan fingerprint density at radius 3 is 2.23 bits per heavy atom. The number of nitrogens with zero attached hydrogens (tertiary/aromatic N) is 4. The molecule has 0 spiro atoms. The number of rotatable bonds is 10. The van der Waals surface area contributed by atoms with Gasteiger partial charge in [0.25, 0.3) is 5.91 Å². The minimum Gasteiger partial charge on any atom is -0.337 e. The zero-order chi connectivity index (χ0) is 27.7. The van der Waals surface area contributed by atoms with Gasteiger partial charge in [0.1, 0.15) is 5.69 Å². The molecule has 1 aliphatic rings. The Kier molecular flexibility index (Phi) is 9.44. The van der Waals surface area contributed by atoms with Gasteiger partial charge in [-0.3, -0.25) is 14.5 Å². The number of hydrogen-bond donors (Lipinski definition) is 1. The predicted octanol–water partition coefficient (Wildman–Crippen LogP) is 5.57. The summed E-state index contributed by atoms with van der Waals surface area (Å²) in [7, 11) is 0. The highest BCUT2D eigenvalue weighted by Crippen LogP contribution is 2.27. The third-order valence-corrected chi connectivity index (χ3v) is 8.03. The summed E-state index contributed by atoms with van der Waals surface area (Å²) in [5.41, 5.74) is 3.50. The van der Waals surface area contributed by atoms with E-state index in [4.69, 9.17) is 11.6 Å². The number of amides is 2. The lowest BCUT2D eigenvalue weighted by molar-refractivity contribution is -0.133. The van der Waals surface area contributed by atoms with Gasteiger partial charge in [0.15, 0.2) is 5.13 Å². The molecule has 40 heavy (non-hydrogen) atoms. The van der Waals surface area contributed by atoms with Crippen LogP contribution in [0.4, 0.5) is 10.8 Å². The van der Waals surface area contributed by atoms with Gasteiger partial charge in [0.05, 0.1) is 17.3 Å². The quantitative estimate of drug-likeness (QED) is 0.269. The SMILES string of the molecule is O=C(CN1CCN(C(=O)c2csc(Nc3ccccc3Cl)n2)CC1)N(CCc1ccccc1)Cc1ccccc1. The minimum atomic E-state index is -0.0944. The van der Waals surface area contributed by atoms with E-state index in [9.17, 15) is 9.59 Å². The Balaban J connectivity index is 1.14. The summed E-state index contributed by atoms with van der Waals surface area (Å²) in [5.74, 6) is 0.0114. The molecule has 1 fully saturated rings. The number of para-hydroxylation sites is 1. The molecule has 5 rings (SSSR count). The molecule has 4 aromatic rings. The predicted molar refractivity (Wildman–Crippen MR) is 161 cm³/mol. The van der Waals surface area contributed by atoms with E-state index in [-0.39, 0.29) is 11.8 Å². The van der Waals surface area contributed by atoms with Crippen molar-refractivity contribution in [1.29, 1.82) is 0 Å². The number of carbonyl (C=O) groups is 2. The van der Waals surface area contributed by atoms with Gasteiger partial charge in [0, 0.05) is 44.6 Å². The molecule has 3 aromatic carbocycles. The van der Waals surface area contributed by atoms with Crippen LogP contribution >= 0.6 is 22.9 Å². The Bertz CT molecular complexity index is 1410. The van der Waals surface area contributed by atoms with Gasteiger partial charge in [-0.05, 0) is 29.7 Å². The van der Waals surface area contributed by atoms with Crippen LogP contribution in [0.5, 0.6) is 0 Å². The van der Waals surface area contributed by atoms with Crippen LogP contribution in [0.15, 0.2) is 90.3 Å². The Morgan fingerprint density at radius 2 is 1.52 bits per heavy atom. The first-order chi connectivity index (χ1) is 19.5. The molecule has 206 valence electrons. The number of anilines is 2. The van der Waals surface area contributed by atoms with Crippen molar-refractivity contribution in [2.45, 2.75) is 13.0 Å². The summed E-state index contributed by atoms with van der Waals surface area (Å²) >= 11 is 7.60. The molecule has 1 aromatic heterocycles. The lowest BCUT2D eigenvalue weighted by Gasteiger charge is -2.35. The number of thiazole rings is 1. The van der Waals surface area contributed by atoms with Crippen LogP contribution < -0.4 is 5.32 Å². The fourth-order valence-electron chi connectivity index (χ4n) is 4.67. The largest absolute Gasteiger partial charge is 0.337 e. The van der Waals surface area contributed by atoms with E-state index in [0.717, 1.165) is 17.7 Å². The van der Waals surface area contributed by atoms with Gasteiger partial charge in [-0.15, -0.1) is 11.3 Å². The van der Waals surface area contributed by atoms with Crippen molar-refractivity contribution in [1.82, 2.24) is 19.7 Å². The molecule has 1 aliphatic heterocycles. The van der Waals surface area contributed by atoms with Crippen molar-refractivity contribution in [2.24, 2.45) is 0 Å². The van der Waals surface area contributed by atoms with Crippen LogP contribution in [-0.2, 0) is 17.8 Å². The van der Waals surface area contributed by atoms with Crippen LogP contribution in [0, 0.1) is 0 Å². The summed E-state index contributed by atoms with van der Waals surface area (Å²) in [6, 6.07) is 27.8. The molecule has 0 atom stereocenters. The Morgan fingerprint density at radius 1 is 0.875 bits per heavy atom. The smallest absolute Gasteiger partial charge is 0.273 e. The van der Waals surface area contributed by atoms with E-state index < -0.39 is 0 Å². The first-order valence-corrected chi connectivity index (χ1v) is 14.7. The molecule has 2 heterocycles. The Hall–Kier alpha value is -3.72. The first-order valence-electron chi connectivity index (χ1n) is 13.4. The van der Waals surface area contributed by atoms with Crippen LogP contribution in [0.25, 0.3) is 0 Å². The Labute approximate surface area is 244 Å². The van der Waals surface area contributed by atoms with Crippen molar-refractivity contribution in [3.63, 3.8) is 0 Å². The normalized spacial score (nSPS) is 13.7. The van der Waals surface area contributed by atoms with E-state index in [0.29, 0.717) is 61.7 Å². The van der Waals surface area contributed by atoms with Gasteiger partial charge >= 0.3 is 0 Å². The van der Waals surface area contributed by atoms with Gasteiger partial charge in [0.2, 0.25) is 5.91 Å². The monoisotopic (exact) mass is 573 g/mol. The second kappa shape index (κ2) is 13.6. The fourth-order valence-corrected chi connectivity index (χ4v) is 5.55. The summed E-state index contributed by atoms with van der Waals surface area (Å²) in [5, 5.41) is 6.17. The van der Waals surface area contributed by atoms with Crippen molar-refractivity contribution < 1.29 is 9.59 Å². The minimum absolute atomic E-state index is 0.0944. The summed E-state index contributed by atoms with van der Waals surface area (Å²) in [4.78, 5) is 36.9. The van der Waals surface area contributed by atoms with E-state index in [1.165, 1.54) is 16.9 Å². The van der Waals surface area contributed by atoms with Crippen molar-refractivity contribution in [3.8, 4) is 0 Å². The maximum absolute atomic E-state index is 13.4. The topological polar surface area (TPSA) is 68.8 Å². The fraction of sp³-hybridized carbons (Fsp3) is 0.258. The summed E-state index contributed by atoms with van der Waals surface area (Å²) < 4.78 is 0. The van der Waals surface area contributed by atoms with E-state index >= 15 is 0 Å². The molecular weight excluding hydrogens is 542 g/mol. The second-order valence-corrected chi connectivity index (χ2v) is 11.0. The molecule has 1 saturated heterocycles. The van der Waals surface area contributed by atoms with Gasteiger partial charge < -0.3 is 15.1 Å². The third-order valence-electron chi connectivity index (χ3n) is 6.94. The number of halogens is 1. The highest BCUT2D eigenvalue weighted by molar-refractivity contribution is 7.14. The van der Waals surface area contributed by atoms with Crippen molar-refractivity contribution >= 4 is 45.6 Å². The number of hydrogen-bond acceptors (Lipinski definition) is 6. The number of carbonyl (C=O) groups excluding carboxylic acids is 2. The number of aromatic nitrogens is 1.